The number of nitro groups is 1. The average molecular weight is 290 g/mol. The molecular weight excluding hydrogens is 276 g/mol. The lowest BCUT2D eigenvalue weighted by Gasteiger charge is -2.09. The molecule has 0 amide bonds. The van der Waals surface area contributed by atoms with Gasteiger partial charge in [-0.25, -0.2) is 0 Å². The summed E-state index contributed by atoms with van der Waals surface area (Å²) in [6.45, 7) is -0.187. The summed E-state index contributed by atoms with van der Waals surface area (Å²) in [5.74, 6) is 1.27. The van der Waals surface area contributed by atoms with E-state index in [0.717, 1.165) is 12.8 Å². The lowest BCUT2D eigenvalue weighted by molar-refractivity contribution is -0.385. The van der Waals surface area contributed by atoms with E-state index in [9.17, 15) is 15.2 Å². The van der Waals surface area contributed by atoms with E-state index in [0.29, 0.717) is 23.3 Å². The average Bonchev–Trinajstić information content (AvgIpc) is 3.25. The van der Waals surface area contributed by atoms with Gasteiger partial charge in [-0.15, -0.1) is 10.2 Å². The Morgan fingerprint density at radius 3 is 2.81 bits per heavy atom. The van der Waals surface area contributed by atoms with Gasteiger partial charge < -0.3 is 14.4 Å². The Kier molecular flexibility index (Phi) is 3.30. The number of aliphatic hydroxyl groups is 1. The van der Waals surface area contributed by atoms with E-state index in [4.69, 9.17) is 4.74 Å². The van der Waals surface area contributed by atoms with E-state index >= 15 is 0 Å². The molecule has 0 unspecified atom stereocenters. The van der Waals surface area contributed by atoms with E-state index < -0.39 is 4.92 Å². The zero-order chi connectivity index (χ0) is 15.0. The molecule has 1 aliphatic rings. The highest BCUT2D eigenvalue weighted by Crippen LogP contribution is 2.40. The smallest absolute Gasteiger partial charge is 0.310 e. The van der Waals surface area contributed by atoms with E-state index in [2.05, 4.69) is 10.2 Å². The number of benzene rings is 1. The monoisotopic (exact) mass is 290 g/mol. The van der Waals surface area contributed by atoms with Crippen LogP contribution in [0.5, 0.6) is 5.75 Å². The number of hydrogen-bond donors (Lipinski definition) is 1. The van der Waals surface area contributed by atoms with E-state index in [1.54, 1.807) is 12.1 Å². The lowest BCUT2D eigenvalue weighted by Crippen LogP contribution is -2.03. The van der Waals surface area contributed by atoms with Crippen molar-refractivity contribution in [1.29, 1.82) is 0 Å². The molecular formula is C13H14N4O4. The van der Waals surface area contributed by atoms with Gasteiger partial charge in [0.25, 0.3) is 0 Å². The van der Waals surface area contributed by atoms with Crippen molar-refractivity contribution in [3.05, 3.63) is 34.1 Å². The molecule has 0 bridgehead atoms. The summed E-state index contributed by atoms with van der Waals surface area (Å²) in [5, 5.41) is 28.3. The first-order valence-corrected chi connectivity index (χ1v) is 6.53. The summed E-state index contributed by atoms with van der Waals surface area (Å²) < 4.78 is 6.96. The molecule has 0 aliphatic heterocycles. The van der Waals surface area contributed by atoms with Crippen LogP contribution in [0.2, 0.25) is 0 Å². The second-order valence-electron chi connectivity index (χ2n) is 4.84. The van der Waals surface area contributed by atoms with Crippen LogP contribution >= 0.6 is 0 Å². The van der Waals surface area contributed by atoms with Crippen LogP contribution in [0.4, 0.5) is 5.69 Å². The van der Waals surface area contributed by atoms with Gasteiger partial charge in [-0.3, -0.25) is 10.1 Å². The number of aromatic nitrogens is 3. The van der Waals surface area contributed by atoms with E-state index in [1.165, 1.54) is 13.2 Å². The molecule has 3 rings (SSSR count). The van der Waals surface area contributed by atoms with Gasteiger partial charge in [0.15, 0.2) is 17.4 Å². The topological polar surface area (TPSA) is 103 Å². The van der Waals surface area contributed by atoms with Gasteiger partial charge in [0.1, 0.15) is 6.61 Å². The molecule has 8 heteroatoms. The minimum absolute atomic E-state index is 0.0962. The zero-order valence-corrected chi connectivity index (χ0v) is 11.4. The number of aliphatic hydroxyl groups excluding tert-OH is 1. The van der Waals surface area contributed by atoms with E-state index in [1.807, 2.05) is 4.57 Å². The second kappa shape index (κ2) is 5.13. The summed E-state index contributed by atoms with van der Waals surface area (Å²) >= 11 is 0. The number of hydrogen-bond acceptors (Lipinski definition) is 6. The fourth-order valence-electron chi connectivity index (χ4n) is 2.31. The van der Waals surface area contributed by atoms with Crippen molar-refractivity contribution in [3.63, 3.8) is 0 Å². The maximum absolute atomic E-state index is 10.9. The molecule has 0 radical (unpaired) electrons. The fraction of sp³-hybridized carbons (Fsp3) is 0.385. The van der Waals surface area contributed by atoms with Gasteiger partial charge >= 0.3 is 5.69 Å². The Bertz CT molecular complexity index is 693. The molecule has 2 aromatic rings. The molecule has 8 nitrogen and oxygen atoms in total. The minimum atomic E-state index is -0.493. The zero-order valence-electron chi connectivity index (χ0n) is 11.4. The number of methoxy groups -OCH3 is 1. The van der Waals surface area contributed by atoms with Crippen LogP contribution in [0.15, 0.2) is 18.2 Å². The van der Waals surface area contributed by atoms with Crippen LogP contribution in [0.25, 0.3) is 11.4 Å². The van der Waals surface area contributed by atoms with Gasteiger partial charge in [0, 0.05) is 17.7 Å². The molecule has 0 spiro atoms. The maximum Gasteiger partial charge on any atom is 0.310 e. The van der Waals surface area contributed by atoms with Crippen molar-refractivity contribution in [2.24, 2.45) is 0 Å². The van der Waals surface area contributed by atoms with Crippen LogP contribution in [-0.4, -0.2) is 31.9 Å². The van der Waals surface area contributed by atoms with Crippen LogP contribution in [-0.2, 0) is 6.61 Å². The third kappa shape index (κ3) is 2.33. The van der Waals surface area contributed by atoms with Crippen molar-refractivity contribution in [1.82, 2.24) is 14.8 Å². The van der Waals surface area contributed by atoms with Crippen molar-refractivity contribution < 1.29 is 14.8 Å². The minimum Gasteiger partial charge on any atom is -0.490 e. The highest BCUT2D eigenvalue weighted by molar-refractivity contribution is 5.63. The summed E-state index contributed by atoms with van der Waals surface area (Å²) in [6.07, 6.45) is 2.03. The molecule has 21 heavy (non-hydrogen) atoms. The number of ether oxygens (including phenoxy) is 1. The van der Waals surface area contributed by atoms with E-state index in [-0.39, 0.29) is 18.0 Å². The highest BCUT2D eigenvalue weighted by Gasteiger charge is 2.30. The molecule has 1 aromatic carbocycles. The predicted molar refractivity (Wildman–Crippen MR) is 72.9 cm³/mol. The molecule has 1 aliphatic carbocycles. The maximum atomic E-state index is 10.9. The summed E-state index contributed by atoms with van der Waals surface area (Å²) in [4.78, 5) is 10.4. The van der Waals surface area contributed by atoms with Crippen LogP contribution in [0.3, 0.4) is 0 Å². The molecule has 0 atom stereocenters. The Hall–Kier alpha value is -2.48. The number of rotatable bonds is 5. The van der Waals surface area contributed by atoms with Crippen LogP contribution in [0, 0.1) is 10.1 Å². The molecule has 1 fully saturated rings. The summed E-state index contributed by atoms with van der Waals surface area (Å²) in [6, 6.07) is 4.87. The highest BCUT2D eigenvalue weighted by atomic mass is 16.6. The standard InChI is InChI=1S/C13H14N4O4/c1-21-11-6-8(2-5-10(11)17(19)20)13-15-14-12(7-18)16(13)9-3-4-9/h2,5-6,9,18H,3-4,7H2,1H3. The Balaban J connectivity index is 2.09. The summed E-state index contributed by atoms with van der Waals surface area (Å²) in [7, 11) is 1.39. The van der Waals surface area contributed by atoms with Gasteiger partial charge in [-0.2, -0.15) is 0 Å². The third-order valence-electron chi connectivity index (χ3n) is 3.45. The molecule has 1 saturated carbocycles. The van der Waals surface area contributed by atoms with Crippen LogP contribution < -0.4 is 4.74 Å². The van der Waals surface area contributed by atoms with Crippen LogP contribution in [0.1, 0.15) is 24.7 Å². The first kappa shape index (κ1) is 13.5. The predicted octanol–water partition coefficient (Wildman–Crippen LogP) is 1.69. The fourth-order valence-corrected chi connectivity index (χ4v) is 2.31. The first-order valence-electron chi connectivity index (χ1n) is 6.53. The van der Waals surface area contributed by atoms with Crippen molar-refractivity contribution in [3.8, 4) is 17.1 Å². The lowest BCUT2D eigenvalue weighted by atomic mass is 10.1. The normalized spacial score (nSPS) is 14.2. The quantitative estimate of drug-likeness (QED) is 0.664. The first-order chi connectivity index (χ1) is 10.2. The van der Waals surface area contributed by atoms with Crippen molar-refractivity contribution >= 4 is 5.69 Å². The Labute approximate surface area is 120 Å². The number of nitrogens with zero attached hydrogens (tertiary/aromatic N) is 4. The molecule has 1 aromatic heterocycles. The molecule has 0 saturated heterocycles. The molecule has 1 N–H and O–H groups in total. The Morgan fingerprint density at radius 1 is 1.48 bits per heavy atom. The number of nitro benzene ring substituents is 1. The molecule has 1 heterocycles. The van der Waals surface area contributed by atoms with Gasteiger partial charge in [-0.1, -0.05) is 0 Å². The van der Waals surface area contributed by atoms with Crippen molar-refractivity contribution in [2.45, 2.75) is 25.5 Å². The largest absolute Gasteiger partial charge is 0.490 e. The summed E-state index contributed by atoms with van der Waals surface area (Å²) in [5.41, 5.74) is 0.581. The van der Waals surface area contributed by atoms with Gasteiger partial charge in [0.2, 0.25) is 0 Å². The SMILES string of the molecule is COc1cc(-c2nnc(CO)n2C2CC2)ccc1[N+](=O)[O-]. The van der Waals surface area contributed by atoms with Gasteiger partial charge in [-0.05, 0) is 25.0 Å². The molecule has 110 valence electrons. The Morgan fingerprint density at radius 2 is 2.24 bits per heavy atom. The third-order valence-corrected chi connectivity index (χ3v) is 3.45. The van der Waals surface area contributed by atoms with Crippen molar-refractivity contribution in [2.75, 3.05) is 7.11 Å². The second-order valence-corrected chi connectivity index (χ2v) is 4.84. The van der Waals surface area contributed by atoms with Gasteiger partial charge in [0.05, 0.1) is 12.0 Å².